The van der Waals surface area contributed by atoms with Gasteiger partial charge in [-0.05, 0) is 37.9 Å². The Kier molecular flexibility index (Phi) is 5.13. The lowest BCUT2D eigenvalue weighted by Crippen LogP contribution is -2.28. The first-order valence-electron chi connectivity index (χ1n) is 7.93. The van der Waals surface area contributed by atoms with Crippen molar-refractivity contribution in [1.29, 1.82) is 0 Å². The summed E-state index contributed by atoms with van der Waals surface area (Å²) >= 11 is 0. The molecule has 0 saturated heterocycles. The number of nitrogens with two attached hydrogens (primary N) is 2. The molecule has 122 valence electrons. The van der Waals surface area contributed by atoms with Gasteiger partial charge < -0.3 is 26.8 Å². The highest BCUT2D eigenvalue weighted by Crippen LogP contribution is 2.43. The van der Waals surface area contributed by atoms with Crippen LogP contribution in [-0.2, 0) is 17.6 Å². The smallest absolute Gasteiger partial charge is 0.228 e. The fourth-order valence-corrected chi connectivity index (χ4v) is 3.07. The van der Waals surface area contributed by atoms with Crippen LogP contribution in [0.5, 0.6) is 5.75 Å². The zero-order valence-corrected chi connectivity index (χ0v) is 13.4. The van der Waals surface area contributed by atoms with E-state index in [0.717, 1.165) is 43.6 Å². The SMILES string of the molecule is CCCN(CCC)CCc1c(O)c(N)c(N)c2c1CC(=O)N2. The second-order valence-electron chi connectivity index (χ2n) is 5.82. The Hall–Kier alpha value is -1.95. The maximum absolute atomic E-state index is 11.7. The van der Waals surface area contributed by atoms with Crippen LogP contribution in [0.3, 0.4) is 0 Å². The molecule has 0 aromatic heterocycles. The van der Waals surface area contributed by atoms with E-state index in [2.05, 4.69) is 24.1 Å². The first-order chi connectivity index (χ1) is 10.5. The number of rotatable bonds is 7. The van der Waals surface area contributed by atoms with Gasteiger partial charge >= 0.3 is 0 Å². The van der Waals surface area contributed by atoms with E-state index in [1.165, 1.54) is 0 Å². The van der Waals surface area contributed by atoms with Crippen molar-refractivity contribution < 1.29 is 9.90 Å². The Balaban J connectivity index is 2.26. The van der Waals surface area contributed by atoms with E-state index in [4.69, 9.17) is 11.5 Å². The molecule has 2 rings (SSSR count). The number of nitrogen functional groups attached to an aromatic ring is 2. The number of phenols is 1. The molecule has 1 heterocycles. The monoisotopic (exact) mass is 306 g/mol. The van der Waals surface area contributed by atoms with Crippen LogP contribution in [0.2, 0.25) is 0 Å². The summed E-state index contributed by atoms with van der Waals surface area (Å²) in [5, 5.41) is 13.1. The van der Waals surface area contributed by atoms with Gasteiger partial charge in [-0.15, -0.1) is 0 Å². The lowest BCUT2D eigenvalue weighted by molar-refractivity contribution is -0.115. The number of benzene rings is 1. The van der Waals surface area contributed by atoms with E-state index < -0.39 is 0 Å². The highest BCUT2D eigenvalue weighted by molar-refractivity contribution is 6.06. The van der Waals surface area contributed by atoms with E-state index in [1.54, 1.807) is 0 Å². The normalized spacial score (nSPS) is 13.5. The third-order valence-corrected chi connectivity index (χ3v) is 4.13. The standard InChI is InChI=1S/C16H26N4O2/c1-3-6-20(7-4-2)8-5-10-11-9-12(21)19-15(11)13(17)14(18)16(10)22/h22H,3-9,17-18H2,1-2H3,(H,19,21). The zero-order chi connectivity index (χ0) is 16.3. The summed E-state index contributed by atoms with van der Waals surface area (Å²) in [6.45, 7) is 7.19. The van der Waals surface area contributed by atoms with E-state index in [0.29, 0.717) is 12.1 Å². The Morgan fingerprint density at radius 1 is 1.14 bits per heavy atom. The molecule has 1 aliphatic heterocycles. The van der Waals surface area contributed by atoms with E-state index in [1.807, 2.05) is 0 Å². The van der Waals surface area contributed by atoms with Gasteiger partial charge in [-0.2, -0.15) is 0 Å². The van der Waals surface area contributed by atoms with Gasteiger partial charge in [-0.1, -0.05) is 13.8 Å². The Labute approximate surface area is 131 Å². The largest absolute Gasteiger partial charge is 0.505 e. The number of hydrogen-bond donors (Lipinski definition) is 4. The van der Waals surface area contributed by atoms with Gasteiger partial charge in [-0.25, -0.2) is 0 Å². The molecular weight excluding hydrogens is 280 g/mol. The molecule has 1 amide bonds. The number of fused-ring (bicyclic) bond motifs is 1. The minimum absolute atomic E-state index is 0.0284. The zero-order valence-electron chi connectivity index (χ0n) is 13.4. The average molecular weight is 306 g/mol. The summed E-state index contributed by atoms with van der Waals surface area (Å²) in [6.07, 6.45) is 3.10. The van der Waals surface area contributed by atoms with Gasteiger partial charge in [0.1, 0.15) is 5.75 Å². The molecule has 0 aliphatic carbocycles. The molecule has 0 fully saturated rings. The van der Waals surface area contributed by atoms with Crippen molar-refractivity contribution in [3.05, 3.63) is 11.1 Å². The Morgan fingerprint density at radius 3 is 2.36 bits per heavy atom. The number of amides is 1. The molecule has 6 N–H and O–H groups in total. The van der Waals surface area contributed by atoms with Crippen LogP contribution in [-0.4, -0.2) is 35.5 Å². The molecular formula is C16H26N4O2. The Morgan fingerprint density at radius 2 is 1.77 bits per heavy atom. The minimum Gasteiger partial charge on any atom is -0.505 e. The highest BCUT2D eigenvalue weighted by Gasteiger charge is 2.28. The first kappa shape index (κ1) is 16.4. The van der Waals surface area contributed by atoms with Gasteiger partial charge in [0, 0.05) is 12.1 Å². The molecule has 1 aliphatic rings. The second kappa shape index (κ2) is 6.87. The van der Waals surface area contributed by atoms with Gasteiger partial charge in [-0.3, -0.25) is 4.79 Å². The van der Waals surface area contributed by atoms with Crippen LogP contribution in [0.15, 0.2) is 0 Å². The molecule has 22 heavy (non-hydrogen) atoms. The predicted molar refractivity (Wildman–Crippen MR) is 90.0 cm³/mol. The number of hydrogen-bond acceptors (Lipinski definition) is 5. The number of aromatic hydroxyl groups is 1. The lowest BCUT2D eigenvalue weighted by atomic mass is 9.98. The maximum Gasteiger partial charge on any atom is 0.228 e. The quantitative estimate of drug-likeness (QED) is 0.349. The minimum atomic E-state index is -0.105. The summed E-state index contributed by atoms with van der Waals surface area (Å²) < 4.78 is 0. The van der Waals surface area contributed by atoms with Crippen LogP contribution >= 0.6 is 0 Å². The molecule has 0 radical (unpaired) electrons. The van der Waals surface area contributed by atoms with Crippen molar-refractivity contribution in [1.82, 2.24) is 4.90 Å². The van der Waals surface area contributed by atoms with Gasteiger partial charge in [0.05, 0.1) is 23.5 Å². The third-order valence-electron chi connectivity index (χ3n) is 4.13. The van der Waals surface area contributed by atoms with Crippen molar-refractivity contribution >= 4 is 23.0 Å². The molecule has 1 aromatic carbocycles. The van der Waals surface area contributed by atoms with Crippen molar-refractivity contribution in [3.63, 3.8) is 0 Å². The summed E-state index contributed by atoms with van der Waals surface area (Å²) in [7, 11) is 0. The molecule has 6 heteroatoms. The fourth-order valence-electron chi connectivity index (χ4n) is 3.07. The third kappa shape index (κ3) is 3.11. The number of phenolic OH excluding ortho intramolecular Hbond substituents is 1. The van der Waals surface area contributed by atoms with Gasteiger partial charge in [0.25, 0.3) is 0 Å². The summed E-state index contributed by atoms with van der Waals surface area (Å²) in [4.78, 5) is 14.0. The van der Waals surface area contributed by atoms with Crippen molar-refractivity contribution in [2.24, 2.45) is 0 Å². The van der Waals surface area contributed by atoms with Gasteiger partial charge in [0.2, 0.25) is 5.91 Å². The molecule has 0 unspecified atom stereocenters. The number of nitrogens with zero attached hydrogens (tertiary/aromatic N) is 1. The number of anilines is 3. The maximum atomic E-state index is 11.7. The molecule has 6 nitrogen and oxygen atoms in total. The van der Waals surface area contributed by atoms with Crippen LogP contribution in [0.4, 0.5) is 17.1 Å². The van der Waals surface area contributed by atoms with E-state index in [9.17, 15) is 9.90 Å². The molecule has 0 atom stereocenters. The molecule has 0 spiro atoms. The molecule has 0 bridgehead atoms. The predicted octanol–water partition coefficient (Wildman–Crippen LogP) is 1.72. The van der Waals surface area contributed by atoms with Crippen LogP contribution < -0.4 is 16.8 Å². The van der Waals surface area contributed by atoms with Crippen LogP contribution in [0.1, 0.15) is 37.8 Å². The van der Waals surface area contributed by atoms with Crippen molar-refractivity contribution in [2.75, 3.05) is 36.4 Å². The van der Waals surface area contributed by atoms with Crippen LogP contribution in [0.25, 0.3) is 0 Å². The van der Waals surface area contributed by atoms with Crippen molar-refractivity contribution in [2.45, 2.75) is 39.5 Å². The Bertz CT molecular complexity index is 566. The summed E-state index contributed by atoms with van der Waals surface area (Å²) in [6, 6.07) is 0. The molecule has 1 aromatic rings. The fraction of sp³-hybridized carbons (Fsp3) is 0.562. The average Bonchev–Trinajstić information content (AvgIpc) is 2.87. The highest BCUT2D eigenvalue weighted by atomic mass is 16.3. The molecule has 0 saturated carbocycles. The summed E-state index contributed by atoms with van der Waals surface area (Å²) in [5.74, 6) is -0.0763. The number of carbonyl (C=O) groups is 1. The second-order valence-corrected chi connectivity index (χ2v) is 5.82. The topological polar surface area (TPSA) is 105 Å². The van der Waals surface area contributed by atoms with Crippen LogP contribution in [0, 0.1) is 0 Å². The van der Waals surface area contributed by atoms with E-state index in [-0.39, 0.29) is 29.5 Å². The van der Waals surface area contributed by atoms with Gasteiger partial charge in [0.15, 0.2) is 0 Å². The first-order valence-corrected chi connectivity index (χ1v) is 7.93. The van der Waals surface area contributed by atoms with E-state index >= 15 is 0 Å². The number of carbonyl (C=O) groups excluding carboxylic acids is 1. The number of nitrogens with one attached hydrogen (secondary N) is 1. The lowest BCUT2D eigenvalue weighted by Gasteiger charge is -2.22. The van der Waals surface area contributed by atoms with Crippen molar-refractivity contribution in [3.8, 4) is 5.75 Å². The summed E-state index contributed by atoms with van der Waals surface area (Å²) in [5.41, 5.74) is 14.3.